The number of nitrogens with zero attached hydrogens (tertiary/aromatic N) is 3. The molecule has 2 aliphatic heterocycles. The average molecular weight is 374 g/mol. The van der Waals surface area contributed by atoms with Gasteiger partial charge in [0.05, 0.1) is 4.91 Å². The highest BCUT2D eigenvalue weighted by molar-refractivity contribution is 8.18. The third-order valence-electron chi connectivity index (χ3n) is 3.65. The molecule has 126 valence electrons. The molecule has 3 heterocycles. The number of aliphatic imine (C=N–C) groups is 1. The molecular formula is C17H12ClN3O3S. The zero-order chi connectivity index (χ0) is 17.4. The first kappa shape index (κ1) is 16.0. The van der Waals surface area contributed by atoms with Gasteiger partial charge in [-0.05, 0) is 47.7 Å². The highest BCUT2D eigenvalue weighted by atomic mass is 35.5. The monoisotopic (exact) mass is 373 g/mol. The van der Waals surface area contributed by atoms with Crippen LogP contribution in [0, 0.1) is 0 Å². The van der Waals surface area contributed by atoms with Crippen molar-refractivity contribution >= 4 is 46.2 Å². The predicted octanol–water partition coefficient (Wildman–Crippen LogP) is 3.70. The molecule has 0 atom stereocenters. The third-order valence-corrected chi connectivity index (χ3v) is 5.00. The zero-order valence-electron chi connectivity index (χ0n) is 13.1. The van der Waals surface area contributed by atoms with Crippen molar-refractivity contribution in [2.24, 2.45) is 4.99 Å². The topological polar surface area (TPSA) is 64.0 Å². The van der Waals surface area contributed by atoms with E-state index >= 15 is 0 Å². The van der Waals surface area contributed by atoms with E-state index < -0.39 is 0 Å². The number of aromatic nitrogens is 1. The van der Waals surface area contributed by atoms with Gasteiger partial charge in [-0.1, -0.05) is 17.7 Å². The van der Waals surface area contributed by atoms with E-state index in [1.165, 1.54) is 16.7 Å². The molecule has 0 aliphatic carbocycles. The van der Waals surface area contributed by atoms with E-state index in [4.69, 9.17) is 21.1 Å². The van der Waals surface area contributed by atoms with E-state index in [-0.39, 0.29) is 12.7 Å². The first-order chi connectivity index (χ1) is 12.1. The highest BCUT2D eigenvalue weighted by Crippen LogP contribution is 2.37. The quantitative estimate of drug-likeness (QED) is 0.593. The van der Waals surface area contributed by atoms with Gasteiger partial charge in [0, 0.05) is 13.2 Å². The second-order valence-electron chi connectivity index (χ2n) is 5.30. The van der Waals surface area contributed by atoms with Gasteiger partial charge in [-0.25, -0.2) is 9.98 Å². The SMILES string of the molecule is CN1C(=O)/C(=C/c2ccc3c(c2)OCO3)SC1=Nc1cccnc1Cl. The average Bonchev–Trinajstić information content (AvgIpc) is 3.17. The van der Waals surface area contributed by atoms with Crippen LogP contribution in [0.3, 0.4) is 0 Å². The maximum Gasteiger partial charge on any atom is 0.266 e. The van der Waals surface area contributed by atoms with Crippen LogP contribution < -0.4 is 9.47 Å². The minimum atomic E-state index is -0.124. The van der Waals surface area contributed by atoms with Gasteiger partial charge in [-0.2, -0.15) is 0 Å². The molecule has 1 amide bonds. The van der Waals surface area contributed by atoms with Crippen LogP contribution >= 0.6 is 23.4 Å². The van der Waals surface area contributed by atoms with Crippen LogP contribution in [-0.2, 0) is 4.79 Å². The number of carbonyl (C=O) groups excluding carboxylic acids is 1. The maximum atomic E-state index is 12.5. The largest absolute Gasteiger partial charge is 0.454 e. The number of pyridine rings is 1. The number of hydrogen-bond donors (Lipinski definition) is 0. The molecule has 0 unspecified atom stereocenters. The van der Waals surface area contributed by atoms with Gasteiger partial charge in [0.25, 0.3) is 5.91 Å². The van der Waals surface area contributed by atoms with Crippen molar-refractivity contribution in [2.75, 3.05) is 13.8 Å². The summed E-state index contributed by atoms with van der Waals surface area (Å²) in [4.78, 5) is 23.0. The summed E-state index contributed by atoms with van der Waals surface area (Å²) in [5.74, 6) is 1.26. The number of likely N-dealkylation sites (N-methyl/N-ethyl adjacent to an activating group) is 1. The molecule has 2 aromatic rings. The zero-order valence-corrected chi connectivity index (χ0v) is 14.7. The van der Waals surface area contributed by atoms with E-state index in [9.17, 15) is 4.79 Å². The van der Waals surface area contributed by atoms with Crippen molar-refractivity contribution in [2.45, 2.75) is 0 Å². The Morgan fingerprint density at radius 3 is 3.00 bits per heavy atom. The molecule has 25 heavy (non-hydrogen) atoms. The Morgan fingerprint density at radius 1 is 1.32 bits per heavy atom. The molecule has 8 heteroatoms. The molecule has 4 rings (SSSR count). The highest BCUT2D eigenvalue weighted by Gasteiger charge is 2.30. The van der Waals surface area contributed by atoms with Crippen LogP contribution in [0.5, 0.6) is 11.5 Å². The first-order valence-corrected chi connectivity index (χ1v) is 8.58. The minimum Gasteiger partial charge on any atom is -0.454 e. The number of benzene rings is 1. The summed E-state index contributed by atoms with van der Waals surface area (Å²) in [5.41, 5.74) is 1.38. The molecule has 1 aromatic carbocycles. The van der Waals surface area contributed by atoms with Gasteiger partial charge >= 0.3 is 0 Å². The summed E-state index contributed by atoms with van der Waals surface area (Å²) < 4.78 is 10.7. The van der Waals surface area contributed by atoms with Gasteiger partial charge < -0.3 is 9.47 Å². The van der Waals surface area contributed by atoms with Crippen LogP contribution in [0.1, 0.15) is 5.56 Å². The Balaban J connectivity index is 1.64. The molecule has 2 aliphatic rings. The Bertz CT molecular complexity index is 929. The van der Waals surface area contributed by atoms with Crippen molar-refractivity contribution < 1.29 is 14.3 Å². The predicted molar refractivity (Wildman–Crippen MR) is 97.2 cm³/mol. The van der Waals surface area contributed by atoms with Crippen LogP contribution in [0.4, 0.5) is 5.69 Å². The van der Waals surface area contributed by atoms with Gasteiger partial charge in [-0.3, -0.25) is 9.69 Å². The second-order valence-corrected chi connectivity index (χ2v) is 6.66. The van der Waals surface area contributed by atoms with E-state index in [0.717, 1.165) is 5.56 Å². The number of halogens is 1. The number of amides is 1. The van der Waals surface area contributed by atoms with E-state index in [1.807, 2.05) is 18.2 Å². The number of rotatable bonds is 2. The van der Waals surface area contributed by atoms with Crippen LogP contribution in [0.25, 0.3) is 6.08 Å². The third kappa shape index (κ3) is 3.08. The van der Waals surface area contributed by atoms with E-state index in [1.54, 1.807) is 31.5 Å². The molecule has 1 aromatic heterocycles. The standard InChI is InChI=1S/C17H12ClN3O3S/c1-21-16(22)14(8-10-4-5-12-13(7-10)24-9-23-12)25-17(21)20-11-3-2-6-19-15(11)18/h2-8H,9H2,1H3/b14-8-,20-17?. The Morgan fingerprint density at radius 2 is 2.16 bits per heavy atom. The summed E-state index contributed by atoms with van der Waals surface area (Å²) in [6, 6.07) is 9.04. The lowest BCUT2D eigenvalue weighted by Gasteiger charge is -2.07. The fourth-order valence-electron chi connectivity index (χ4n) is 2.37. The first-order valence-electron chi connectivity index (χ1n) is 7.38. The molecule has 0 bridgehead atoms. The smallest absolute Gasteiger partial charge is 0.266 e. The van der Waals surface area contributed by atoms with Crippen molar-refractivity contribution in [3.8, 4) is 11.5 Å². The summed E-state index contributed by atoms with van der Waals surface area (Å²) in [6.45, 7) is 0.217. The van der Waals surface area contributed by atoms with Gasteiger partial charge in [0.1, 0.15) is 5.69 Å². The number of thioether (sulfide) groups is 1. The van der Waals surface area contributed by atoms with Gasteiger partial charge in [0.15, 0.2) is 21.8 Å². The lowest BCUT2D eigenvalue weighted by Crippen LogP contribution is -2.23. The Labute approximate surface area is 153 Å². The molecule has 0 saturated carbocycles. The fraction of sp³-hybridized carbons (Fsp3) is 0.118. The number of amidine groups is 1. The minimum absolute atomic E-state index is 0.124. The number of hydrogen-bond acceptors (Lipinski definition) is 6. The molecular weight excluding hydrogens is 362 g/mol. The molecule has 0 N–H and O–H groups in total. The fourth-order valence-corrected chi connectivity index (χ4v) is 3.51. The molecule has 0 radical (unpaired) electrons. The number of ether oxygens (including phenoxy) is 2. The summed E-state index contributed by atoms with van der Waals surface area (Å²) in [6.07, 6.45) is 3.40. The van der Waals surface area contributed by atoms with E-state index in [0.29, 0.717) is 32.4 Å². The molecule has 6 nitrogen and oxygen atoms in total. The second kappa shape index (κ2) is 6.42. The van der Waals surface area contributed by atoms with Crippen LogP contribution in [-0.4, -0.2) is 34.8 Å². The van der Waals surface area contributed by atoms with Crippen molar-refractivity contribution in [3.05, 3.63) is 52.2 Å². The Kier molecular flexibility index (Phi) is 4.10. The lowest BCUT2D eigenvalue weighted by atomic mass is 10.2. The normalized spacial score (nSPS) is 19.3. The van der Waals surface area contributed by atoms with Gasteiger partial charge in [0.2, 0.25) is 6.79 Å². The van der Waals surface area contributed by atoms with Gasteiger partial charge in [-0.15, -0.1) is 0 Å². The summed E-state index contributed by atoms with van der Waals surface area (Å²) in [5, 5.41) is 0.844. The molecule has 1 fully saturated rings. The van der Waals surface area contributed by atoms with Crippen LogP contribution in [0.15, 0.2) is 46.4 Å². The molecule has 1 saturated heterocycles. The summed E-state index contributed by atoms with van der Waals surface area (Å²) in [7, 11) is 1.68. The number of carbonyl (C=O) groups is 1. The van der Waals surface area contributed by atoms with Crippen molar-refractivity contribution in [3.63, 3.8) is 0 Å². The lowest BCUT2D eigenvalue weighted by molar-refractivity contribution is -0.121. The maximum absolute atomic E-state index is 12.5. The van der Waals surface area contributed by atoms with Crippen molar-refractivity contribution in [1.29, 1.82) is 0 Å². The Hall–Kier alpha value is -2.51. The summed E-state index contributed by atoms with van der Waals surface area (Å²) >= 11 is 7.32. The van der Waals surface area contributed by atoms with Crippen LogP contribution in [0.2, 0.25) is 5.15 Å². The van der Waals surface area contributed by atoms with E-state index in [2.05, 4.69) is 9.98 Å². The van der Waals surface area contributed by atoms with Crippen molar-refractivity contribution in [1.82, 2.24) is 9.88 Å². The molecule has 0 spiro atoms. The number of fused-ring (bicyclic) bond motifs is 1.